The van der Waals surface area contributed by atoms with Crippen LogP contribution in [-0.4, -0.2) is 16.5 Å². The first-order valence-corrected chi connectivity index (χ1v) is 7.99. The predicted octanol–water partition coefficient (Wildman–Crippen LogP) is 4.45. The molecule has 4 rings (SSSR count). The van der Waals surface area contributed by atoms with Crippen LogP contribution in [0.5, 0.6) is 0 Å². The molecule has 0 atom stereocenters. The summed E-state index contributed by atoms with van der Waals surface area (Å²) in [5.74, 6) is 1.79. The van der Waals surface area contributed by atoms with Crippen molar-refractivity contribution in [2.75, 3.05) is 11.4 Å². The summed E-state index contributed by atoms with van der Waals surface area (Å²) in [7, 11) is 0. The number of aryl methyl sites for hydroxylation is 2. The summed E-state index contributed by atoms with van der Waals surface area (Å²) in [6, 6.07) is 19.2. The zero-order valence-corrected chi connectivity index (χ0v) is 13.5. The van der Waals surface area contributed by atoms with E-state index in [9.17, 15) is 0 Å². The van der Waals surface area contributed by atoms with Crippen molar-refractivity contribution in [1.82, 2.24) is 9.97 Å². The van der Waals surface area contributed by atoms with E-state index in [0.717, 1.165) is 35.9 Å². The molecule has 0 aliphatic carbocycles. The Labute approximate surface area is 136 Å². The molecule has 114 valence electrons. The number of para-hydroxylation sites is 1. The molecule has 0 N–H and O–H groups in total. The van der Waals surface area contributed by atoms with Crippen LogP contribution in [0.3, 0.4) is 0 Å². The molecule has 3 nitrogen and oxygen atoms in total. The summed E-state index contributed by atoms with van der Waals surface area (Å²) >= 11 is 0. The normalized spacial score (nSPS) is 13.2. The highest BCUT2D eigenvalue weighted by molar-refractivity contribution is 5.71. The van der Waals surface area contributed by atoms with Crippen LogP contribution in [0.1, 0.15) is 17.0 Å². The number of aromatic nitrogens is 2. The van der Waals surface area contributed by atoms with Crippen molar-refractivity contribution in [1.29, 1.82) is 0 Å². The van der Waals surface area contributed by atoms with Gasteiger partial charge in [0.1, 0.15) is 11.6 Å². The number of hydrogen-bond donors (Lipinski definition) is 0. The lowest BCUT2D eigenvalue weighted by atomic mass is 10.1. The molecule has 0 unspecified atom stereocenters. The van der Waals surface area contributed by atoms with Crippen LogP contribution in [0.4, 0.5) is 11.5 Å². The summed E-state index contributed by atoms with van der Waals surface area (Å²) in [6.45, 7) is 5.04. The van der Waals surface area contributed by atoms with Gasteiger partial charge in [0.05, 0.1) is 5.69 Å². The Hall–Kier alpha value is -2.68. The molecule has 0 amide bonds. The van der Waals surface area contributed by atoms with E-state index in [1.807, 2.05) is 6.92 Å². The minimum absolute atomic E-state index is 0.808. The van der Waals surface area contributed by atoms with Gasteiger partial charge in [0.25, 0.3) is 0 Å². The zero-order valence-electron chi connectivity index (χ0n) is 13.5. The standard InChI is InChI=1S/C20H19N3/c1-14-7-9-16(10-8-14)18-13-20(22-15(2)21-18)23-12-11-17-5-3-4-6-19(17)23/h3-10,13H,11-12H2,1-2H3. The molecule has 0 saturated heterocycles. The van der Waals surface area contributed by atoms with Gasteiger partial charge in [0.15, 0.2) is 0 Å². The molecule has 2 aromatic carbocycles. The first kappa shape index (κ1) is 13.9. The lowest BCUT2D eigenvalue weighted by Gasteiger charge is -2.19. The Morgan fingerprint density at radius 1 is 0.913 bits per heavy atom. The van der Waals surface area contributed by atoms with Crippen LogP contribution in [0.2, 0.25) is 0 Å². The van der Waals surface area contributed by atoms with Crippen LogP contribution in [0, 0.1) is 13.8 Å². The van der Waals surface area contributed by atoms with E-state index in [1.165, 1.54) is 16.8 Å². The monoisotopic (exact) mass is 301 g/mol. The van der Waals surface area contributed by atoms with Gasteiger partial charge in [-0.2, -0.15) is 0 Å². The Morgan fingerprint density at radius 2 is 1.70 bits per heavy atom. The van der Waals surface area contributed by atoms with E-state index in [4.69, 9.17) is 0 Å². The zero-order chi connectivity index (χ0) is 15.8. The Balaban J connectivity index is 1.78. The van der Waals surface area contributed by atoms with Gasteiger partial charge < -0.3 is 4.90 Å². The van der Waals surface area contributed by atoms with Gasteiger partial charge in [-0.05, 0) is 31.9 Å². The number of rotatable bonds is 2. The molecule has 3 heteroatoms. The minimum Gasteiger partial charge on any atom is -0.326 e. The van der Waals surface area contributed by atoms with Crippen LogP contribution in [0.25, 0.3) is 11.3 Å². The van der Waals surface area contributed by atoms with Gasteiger partial charge in [-0.25, -0.2) is 9.97 Å². The maximum atomic E-state index is 4.67. The van der Waals surface area contributed by atoms with Gasteiger partial charge in [-0.3, -0.25) is 0 Å². The van der Waals surface area contributed by atoms with Crippen LogP contribution >= 0.6 is 0 Å². The number of anilines is 2. The van der Waals surface area contributed by atoms with Crippen molar-refractivity contribution in [2.24, 2.45) is 0 Å². The van der Waals surface area contributed by atoms with Crippen molar-refractivity contribution >= 4 is 11.5 Å². The summed E-state index contributed by atoms with van der Waals surface area (Å²) in [6.07, 6.45) is 1.07. The number of nitrogens with zero attached hydrogens (tertiary/aromatic N) is 3. The topological polar surface area (TPSA) is 29.0 Å². The molecule has 1 aromatic heterocycles. The van der Waals surface area contributed by atoms with E-state index in [1.54, 1.807) is 0 Å². The fourth-order valence-corrected chi connectivity index (χ4v) is 3.14. The van der Waals surface area contributed by atoms with Crippen molar-refractivity contribution < 1.29 is 0 Å². The quantitative estimate of drug-likeness (QED) is 0.700. The number of benzene rings is 2. The molecular weight excluding hydrogens is 282 g/mol. The average molecular weight is 301 g/mol. The molecule has 2 heterocycles. The molecule has 0 spiro atoms. The molecule has 1 aliphatic heterocycles. The molecular formula is C20H19N3. The van der Waals surface area contributed by atoms with E-state index in [2.05, 4.69) is 76.4 Å². The van der Waals surface area contributed by atoms with Gasteiger partial charge in [-0.1, -0.05) is 48.0 Å². The first-order chi connectivity index (χ1) is 11.2. The van der Waals surface area contributed by atoms with E-state index < -0.39 is 0 Å². The molecule has 0 fully saturated rings. The van der Waals surface area contributed by atoms with Crippen LogP contribution < -0.4 is 4.90 Å². The fourth-order valence-electron chi connectivity index (χ4n) is 3.14. The largest absolute Gasteiger partial charge is 0.326 e. The van der Waals surface area contributed by atoms with Gasteiger partial charge in [0, 0.05) is 23.9 Å². The Kier molecular flexibility index (Phi) is 3.34. The number of fused-ring (bicyclic) bond motifs is 1. The third-order valence-electron chi connectivity index (χ3n) is 4.34. The Bertz CT molecular complexity index is 853. The smallest absolute Gasteiger partial charge is 0.137 e. The summed E-state index contributed by atoms with van der Waals surface area (Å²) < 4.78 is 0. The van der Waals surface area contributed by atoms with E-state index >= 15 is 0 Å². The third kappa shape index (κ3) is 2.59. The second-order valence-electron chi connectivity index (χ2n) is 6.05. The maximum absolute atomic E-state index is 4.67. The maximum Gasteiger partial charge on any atom is 0.137 e. The summed E-state index contributed by atoms with van der Waals surface area (Å²) in [5.41, 5.74) is 6.03. The van der Waals surface area contributed by atoms with E-state index in [0.29, 0.717) is 0 Å². The molecule has 23 heavy (non-hydrogen) atoms. The number of hydrogen-bond acceptors (Lipinski definition) is 3. The fraction of sp³-hybridized carbons (Fsp3) is 0.200. The van der Waals surface area contributed by atoms with Gasteiger partial charge in [-0.15, -0.1) is 0 Å². The average Bonchev–Trinajstić information content (AvgIpc) is 2.99. The third-order valence-corrected chi connectivity index (χ3v) is 4.34. The molecule has 0 saturated carbocycles. The molecule has 3 aromatic rings. The van der Waals surface area contributed by atoms with Crippen molar-refractivity contribution in [3.8, 4) is 11.3 Å². The van der Waals surface area contributed by atoms with E-state index in [-0.39, 0.29) is 0 Å². The van der Waals surface area contributed by atoms with Crippen molar-refractivity contribution in [3.63, 3.8) is 0 Å². The lowest BCUT2D eigenvalue weighted by Crippen LogP contribution is -2.15. The molecule has 1 aliphatic rings. The second kappa shape index (κ2) is 5.51. The van der Waals surface area contributed by atoms with Crippen LogP contribution in [-0.2, 0) is 6.42 Å². The van der Waals surface area contributed by atoms with Gasteiger partial charge >= 0.3 is 0 Å². The molecule has 0 bridgehead atoms. The van der Waals surface area contributed by atoms with Crippen molar-refractivity contribution in [2.45, 2.75) is 20.3 Å². The van der Waals surface area contributed by atoms with Gasteiger partial charge in [0.2, 0.25) is 0 Å². The highest BCUT2D eigenvalue weighted by Gasteiger charge is 2.21. The van der Waals surface area contributed by atoms with Crippen molar-refractivity contribution in [3.05, 3.63) is 71.5 Å². The Morgan fingerprint density at radius 3 is 2.52 bits per heavy atom. The first-order valence-electron chi connectivity index (χ1n) is 7.99. The second-order valence-corrected chi connectivity index (χ2v) is 6.05. The summed E-state index contributed by atoms with van der Waals surface area (Å²) in [5, 5.41) is 0. The lowest BCUT2D eigenvalue weighted by molar-refractivity contribution is 0.947. The highest BCUT2D eigenvalue weighted by atomic mass is 15.2. The summed E-state index contributed by atoms with van der Waals surface area (Å²) in [4.78, 5) is 11.6. The highest BCUT2D eigenvalue weighted by Crippen LogP contribution is 2.34. The SMILES string of the molecule is Cc1ccc(-c2cc(N3CCc4ccccc43)nc(C)n2)cc1. The predicted molar refractivity (Wildman–Crippen MR) is 94.1 cm³/mol. The minimum atomic E-state index is 0.808. The molecule has 0 radical (unpaired) electrons. The van der Waals surface area contributed by atoms with Crippen LogP contribution in [0.15, 0.2) is 54.6 Å².